The Kier molecular flexibility index (Phi) is 6.65. The van der Waals surface area contributed by atoms with E-state index in [1.54, 1.807) is 13.3 Å². The van der Waals surface area contributed by atoms with E-state index in [4.69, 9.17) is 4.74 Å². The van der Waals surface area contributed by atoms with Crippen LogP contribution >= 0.6 is 11.8 Å². The van der Waals surface area contributed by atoms with Crippen molar-refractivity contribution in [2.24, 2.45) is 5.92 Å². The molecule has 28 heavy (non-hydrogen) atoms. The van der Waals surface area contributed by atoms with E-state index in [0.29, 0.717) is 29.1 Å². The summed E-state index contributed by atoms with van der Waals surface area (Å²) in [5, 5.41) is 12.2. The number of aromatic nitrogens is 4. The summed E-state index contributed by atoms with van der Waals surface area (Å²) in [5.41, 5.74) is 1.58. The van der Waals surface area contributed by atoms with Gasteiger partial charge in [0.15, 0.2) is 11.0 Å². The Bertz CT molecular complexity index is 910. The highest BCUT2D eigenvalue weighted by atomic mass is 32.2. The van der Waals surface area contributed by atoms with Crippen LogP contribution < -0.4 is 10.1 Å². The fourth-order valence-electron chi connectivity index (χ4n) is 2.49. The van der Waals surface area contributed by atoms with Gasteiger partial charge in [0.25, 0.3) is 0 Å². The molecule has 0 saturated heterocycles. The van der Waals surface area contributed by atoms with E-state index >= 15 is 0 Å². The number of nitrogens with zero attached hydrogens (tertiary/aromatic N) is 4. The molecule has 1 aromatic carbocycles. The van der Waals surface area contributed by atoms with Crippen LogP contribution in [0.3, 0.4) is 0 Å². The Morgan fingerprint density at radius 3 is 2.61 bits per heavy atom. The van der Waals surface area contributed by atoms with Crippen molar-refractivity contribution in [1.82, 2.24) is 25.1 Å². The number of benzene rings is 1. The fraction of sp³-hybridized carbons (Fsp3) is 0.300. The lowest BCUT2D eigenvalue weighted by Crippen LogP contribution is -2.28. The summed E-state index contributed by atoms with van der Waals surface area (Å²) in [5.74, 6) is 2.04. The molecule has 0 radical (unpaired) electrons. The molecule has 2 heterocycles. The molecule has 0 bridgehead atoms. The third-order valence-electron chi connectivity index (χ3n) is 3.90. The van der Waals surface area contributed by atoms with Crippen LogP contribution in [0.4, 0.5) is 0 Å². The average Bonchev–Trinajstić information content (AvgIpc) is 3.15. The van der Waals surface area contributed by atoms with E-state index in [-0.39, 0.29) is 11.7 Å². The number of nitrogens with one attached hydrogen (secondary N) is 1. The maximum Gasteiger partial charge on any atom is 0.230 e. The molecular formula is C20H23N5O2S. The van der Waals surface area contributed by atoms with E-state index in [1.807, 2.05) is 47.0 Å². The van der Waals surface area contributed by atoms with Gasteiger partial charge in [0, 0.05) is 12.7 Å². The molecule has 0 atom stereocenters. The van der Waals surface area contributed by atoms with Gasteiger partial charge in [0.05, 0.1) is 18.6 Å². The van der Waals surface area contributed by atoms with Crippen molar-refractivity contribution in [1.29, 1.82) is 0 Å². The van der Waals surface area contributed by atoms with Crippen molar-refractivity contribution < 1.29 is 9.53 Å². The SMILES string of the molecule is COc1ccc(-n2c(SCC(=O)NCC(C)C)nnc2-c2ccccn2)cc1. The molecule has 7 nitrogen and oxygen atoms in total. The van der Waals surface area contributed by atoms with Gasteiger partial charge < -0.3 is 10.1 Å². The van der Waals surface area contributed by atoms with Crippen LogP contribution in [0.2, 0.25) is 0 Å². The van der Waals surface area contributed by atoms with Crippen LogP contribution in [-0.2, 0) is 4.79 Å². The van der Waals surface area contributed by atoms with Gasteiger partial charge >= 0.3 is 0 Å². The van der Waals surface area contributed by atoms with E-state index in [2.05, 4.69) is 34.3 Å². The monoisotopic (exact) mass is 397 g/mol. The minimum Gasteiger partial charge on any atom is -0.497 e. The zero-order chi connectivity index (χ0) is 19.9. The molecule has 0 unspecified atom stereocenters. The van der Waals surface area contributed by atoms with Crippen molar-refractivity contribution in [3.8, 4) is 23.0 Å². The van der Waals surface area contributed by atoms with Crippen molar-refractivity contribution in [3.63, 3.8) is 0 Å². The van der Waals surface area contributed by atoms with Crippen molar-refractivity contribution in [2.75, 3.05) is 19.4 Å². The molecule has 0 aliphatic rings. The topological polar surface area (TPSA) is 81.9 Å². The van der Waals surface area contributed by atoms with Crippen molar-refractivity contribution in [3.05, 3.63) is 48.7 Å². The standard InChI is InChI=1S/C20H23N5O2S/c1-14(2)12-22-18(26)13-28-20-24-23-19(17-6-4-5-11-21-17)25(20)15-7-9-16(27-3)10-8-15/h4-11,14H,12-13H2,1-3H3,(H,22,26). The second kappa shape index (κ2) is 9.36. The zero-order valence-corrected chi connectivity index (χ0v) is 16.9. The van der Waals surface area contributed by atoms with E-state index < -0.39 is 0 Å². The van der Waals surface area contributed by atoms with Gasteiger partial charge in [-0.1, -0.05) is 31.7 Å². The summed E-state index contributed by atoms with van der Waals surface area (Å²) in [6.07, 6.45) is 1.72. The lowest BCUT2D eigenvalue weighted by molar-refractivity contribution is -0.118. The molecular weight excluding hydrogens is 374 g/mol. The van der Waals surface area contributed by atoms with Gasteiger partial charge in [0.2, 0.25) is 5.91 Å². The predicted octanol–water partition coefficient (Wildman–Crippen LogP) is 3.20. The number of ether oxygens (including phenoxy) is 1. The molecule has 1 amide bonds. The van der Waals surface area contributed by atoms with Crippen LogP contribution in [0, 0.1) is 5.92 Å². The number of carbonyl (C=O) groups excluding carboxylic acids is 1. The highest BCUT2D eigenvalue weighted by Gasteiger charge is 2.18. The van der Waals surface area contributed by atoms with Crippen LogP contribution in [0.25, 0.3) is 17.2 Å². The van der Waals surface area contributed by atoms with E-state index in [9.17, 15) is 4.79 Å². The van der Waals surface area contributed by atoms with E-state index in [0.717, 1.165) is 11.4 Å². The number of amides is 1. The normalized spacial score (nSPS) is 10.9. The summed E-state index contributed by atoms with van der Waals surface area (Å²) in [4.78, 5) is 16.5. The summed E-state index contributed by atoms with van der Waals surface area (Å²) in [6.45, 7) is 4.78. The Hall–Kier alpha value is -2.87. The highest BCUT2D eigenvalue weighted by Crippen LogP contribution is 2.27. The highest BCUT2D eigenvalue weighted by molar-refractivity contribution is 7.99. The Morgan fingerprint density at radius 1 is 1.18 bits per heavy atom. The molecule has 8 heteroatoms. The summed E-state index contributed by atoms with van der Waals surface area (Å²) in [7, 11) is 1.63. The number of hydrogen-bond donors (Lipinski definition) is 1. The van der Waals surface area contributed by atoms with Crippen molar-refractivity contribution in [2.45, 2.75) is 19.0 Å². The van der Waals surface area contributed by atoms with Gasteiger partial charge in [-0.15, -0.1) is 10.2 Å². The molecule has 0 aliphatic heterocycles. The van der Waals surface area contributed by atoms with Crippen LogP contribution in [0.1, 0.15) is 13.8 Å². The predicted molar refractivity (Wildman–Crippen MR) is 110 cm³/mol. The molecule has 3 rings (SSSR count). The maximum atomic E-state index is 12.1. The second-order valence-corrected chi connectivity index (χ2v) is 7.48. The molecule has 3 aromatic rings. The van der Waals surface area contributed by atoms with E-state index in [1.165, 1.54) is 11.8 Å². The molecule has 0 fully saturated rings. The van der Waals surface area contributed by atoms with Gasteiger partial charge in [-0.2, -0.15) is 0 Å². The van der Waals surface area contributed by atoms with Gasteiger partial charge in [0.1, 0.15) is 11.4 Å². The minimum atomic E-state index is -0.0256. The Balaban J connectivity index is 1.89. The number of pyridine rings is 1. The molecule has 146 valence electrons. The molecule has 0 aliphatic carbocycles. The smallest absolute Gasteiger partial charge is 0.230 e. The van der Waals surface area contributed by atoms with Crippen LogP contribution in [-0.4, -0.2) is 45.1 Å². The van der Waals surface area contributed by atoms with Crippen molar-refractivity contribution >= 4 is 17.7 Å². The van der Waals surface area contributed by atoms with Crippen LogP contribution in [0.15, 0.2) is 53.8 Å². The molecule has 0 spiro atoms. The maximum absolute atomic E-state index is 12.1. The third-order valence-corrected chi connectivity index (χ3v) is 4.83. The lowest BCUT2D eigenvalue weighted by atomic mass is 10.2. The first-order valence-corrected chi connectivity index (χ1v) is 9.97. The Labute approximate surface area is 168 Å². The largest absolute Gasteiger partial charge is 0.497 e. The quantitative estimate of drug-likeness (QED) is 0.588. The second-order valence-electron chi connectivity index (χ2n) is 6.54. The van der Waals surface area contributed by atoms with Gasteiger partial charge in [-0.25, -0.2) is 0 Å². The first-order valence-electron chi connectivity index (χ1n) is 8.99. The fourth-order valence-corrected chi connectivity index (χ4v) is 3.27. The minimum absolute atomic E-state index is 0.0256. The first-order chi connectivity index (χ1) is 13.6. The number of methoxy groups -OCH3 is 1. The zero-order valence-electron chi connectivity index (χ0n) is 16.1. The Morgan fingerprint density at radius 2 is 1.96 bits per heavy atom. The first kappa shape index (κ1) is 19.9. The van der Waals surface area contributed by atoms with Crippen LogP contribution in [0.5, 0.6) is 5.75 Å². The number of carbonyl (C=O) groups is 1. The molecule has 1 N–H and O–H groups in total. The summed E-state index contributed by atoms with van der Waals surface area (Å²) in [6, 6.07) is 13.2. The van der Waals surface area contributed by atoms with Gasteiger partial charge in [-0.05, 0) is 42.3 Å². The summed E-state index contributed by atoms with van der Waals surface area (Å²) < 4.78 is 7.15. The number of hydrogen-bond acceptors (Lipinski definition) is 6. The van der Waals surface area contributed by atoms with Gasteiger partial charge in [-0.3, -0.25) is 14.3 Å². The molecule has 2 aromatic heterocycles. The average molecular weight is 398 g/mol. The summed E-state index contributed by atoms with van der Waals surface area (Å²) >= 11 is 1.35. The number of thioether (sulfide) groups is 1. The third kappa shape index (κ3) is 4.89. The molecule has 0 saturated carbocycles. The lowest BCUT2D eigenvalue weighted by Gasteiger charge is -2.11. The number of rotatable bonds is 8.